The summed E-state index contributed by atoms with van der Waals surface area (Å²) in [6, 6.07) is 0.319. The van der Waals surface area contributed by atoms with E-state index in [4.69, 9.17) is 5.41 Å². The van der Waals surface area contributed by atoms with Gasteiger partial charge in [0, 0.05) is 6.04 Å². The van der Waals surface area contributed by atoms with Crippen LogP contribution in [-0.4, -0.2) is 17.5 Å². The van der Waals surface area contributed by atoms with Crippen LogP contribution in [0.2, 0.25) is 0 Å². The van der Waals surface area contributed by atoms with E-state index in [2.05, 4.69) is 32.3 Å². The Labute approximate surface area is 100 Å². The number of hydrogen-bond donors (Lipinski definition) is 1. The van der Waals surface area contributed by atoms with Crippen LogP contribution in [0.3, 0.4) is 0 Å². The molecule has 1 N–H and O–H groups in total. The zero-order valence-electron chi connectivity index (χ0n) is 11.4. The lowest BCUT2D eigenvalue weighted by Gasteiger charge is -2.15. The van der Waals surface area contributed by atoms with Crippen molar-refractivity contribution in [2.24, 2.45) is 10.9 Å². The van der Waals surface area contributed by atoms with Crippen molar-refractivity contribution in [2.45, 2.75) is 59.9 Å². The molecule has 2 heteroatoms. The monoisotopic (exact) mass is 222 g/mol. The van der Waals surface area contributed by atoms with E-state index in [0.717, 1.165) is 25.0 Å². The van der Waals surface area contributed by atoms with Crippen molar-refractivity contribution >= 4 is 11.4 Å². The van der Waals surface area contributed by atoms with Crippen molar-refractivity contribution in [1.29, 1.82) is 5.41 Å². The third kappa shape index (κ3) is 5.24. The largest absolute Gasteiger partial charge is 0.303 e. The lowest BCUT2D eigenvalue weighted by atomic mass is 9.94. The molecule has 0 fully saturated rings. The Bertz CT molecular complexity index is 276. The summed E-state index contributed by atoms with van der Waals surface area (Å²) in [6.07, 6.45) is 2.65. The normalized spacial score (nSPS) is 15.7. The van der Waals surface area contributed by atoms with E-state index >= 15 is 0 Å². The van der Waals surface area contributed by atoms with Crippen LogP contribution < -0.4 is 0 Å². The minimum absolute atomic E-state index is 0.319. The summed E-state index contributed by atoms with van der Waals surface area (Å²) in [5.41, 5.74) is 2.81. The van der Waals surface area contributed by atoms with Gasteiger partial charge >= 0.3 is 0 Å². The molecule has 0 rings (SSSR count). The van der Waals surface area contributed by atoms with E-state index in [1.165, 1.54) is 5.57 Å². The van der Waals surface area contributed by atoms with E-state index in [9.17, 15) is 0 Å². The Kier molecular flexibility index (Phi) is 6.95. The van der Waals surface area contributed by atoms with Crippen LogP contribution in [0.5, 0.6) is 0 Å². The molecule has 0 aromatic rings. The predicted octanol–water partition coefficient (Wildman–Crippen LogP) is 4.26. The fourth-order valence-corrected chi connectivity index (χ4v) is 1.28. The van der Waals surface area contributed by atoms with Crippen LogP contribution in [0, 0.1) is 11.3 Å². The van der Waals surface area contributed by atoms with Gasteiger partial charge in [0.15, 0.2) is 0 Å². The van der Waals surface area contributed by atoms with Gasteiger partial charge in [0.1, 0.15) is 0 Å². The average molecular weight is 222 g/mol. The maximum Gasteiger partial charge on any atom is 0.0564 e. The van der Waals surface area contributed by atoms with Gasteiger partial charge in [-0.2, -0.15) is 0 Å². The fourth-order valence-electron chi connectivity index (χ4n) is 1.28. The van der Waals surface area contributed by atoms with Gasteiger partial charge in [0.2, 0.25) is 0 Å². The van der Waals surface area contributed by atoms with Crippen LogP contribution in [0.1, 0.15) is 53.9 Å². The molecule has 0 aromatic carbocycles. The molecule has 2 nitrogen and oxygen atoms in total. The van der Waals surface area contributed by atoms with Gasteiger partial charge in [-0.05, 0) is 39.0 Å². The first-order valence-corrected chi connectivity index (χ1v) is 6.22. The van der Waals surface area contributed by atoms with Crippen LogP contribution >= 0.6 is 0 Å². The molecule has 0 heterocycles. The number of allylic oxidation sites excluding steroid dienone is 1. The van der Waals surface area contributed by atoms with Gasteiger partial charge in [-0.3, -0.25) is 4.99 Å². The second kappa shape index (κ2) is 7.37. The second-order valence-corrected chi connectivity index (χ2v) is 4.62. The summed E-state index contributed by atoms with van der Waals surface area (Å²) in [4.78, 5) is 4.64. The number of rotatable bonds is 7. The molecular weight excluding hydrogens is 196 g/mol. The Hall–Kier alpha value is -0.920. The van der Waals surface area contributed by atoms with Crippen LogP contribution in [0.25, 0.3) is 0 Å². The molecule has 0 bridgehead atoms. The number of hydrogen-bond acceptors (Lipinski definition) is 2. The van der Waals surface area contributed by atoms with E-state index in [-0.39, 0.29) is 0 Å². The lowest BCUT2D eigenvalue weighted by molar-refractivity contribution is 0.689. The standard InChI is InChI=1S/C14H26N2/c1-7-12(6)16-14(13(15)8-2)9-11(5)10(3)4/h11-12,15H,3,7-9H2,1-2,4-6H3. The topological polar surface area (TPSA) is 36.2 Å². The summed E-state index contributed by atoms with van der Waals surface area (Å²) < 4.78 is 0. The summed E-state index contributed by atoms with van der Waals surface area (Å²) in [5, 5.41) is 7.94. The Morgan fingerprint density at radius 3 is 2.25 bits per heavy atom. The van der Waals surface area contributed by atoms with E-state index < -0.39 is 0 Å². The predicted molar refractivity (Wildman–Crippen MR) is 73.8 cm³/mol. The Balaban J connectivity index is 4.75. The molecule has 0 aromatic heterocycles. The molecule has 0 aliphatic heterocycles. The Morgan fingerprint density at radius 2 is 1.88 bits per heavy atom. The van der Waals surface area contributed by atoms with Crippen molar-refractivity contribution in [3.05, 3.63) is 12.2 Å². The molecule has 2 unspecified atom stereocenters. The van der Waals surface area contributed by atoms with Gasteiger partial charge in [-0.25, -0.2) is 0 Å². The summed E-state index contributed by atoms with van der Waals surface area (Å²) >= 11 is 0. The number of aliphatic imine (C=N–C) groups is 1. The molecule has 0 spiro atoms. The van der Waals surface area contributed by atoms with E-state index in [0.29, 0.717) is 17.7 Å². The molecule has 0 amide bonds. The second-order valence-electron chi connectivity index (χ2n) is 4.62. The van der Waals surface area contributed by atoms with E-state index in [1.807, 2.05) is 13.8 Å². The molecule has 0 aliphatic rings. The molecule has 92 valence electrons. The fraction of sp³-hybridized carbons (Fsp3) is 0.714. The lowest BCUT2D eigenvalue weighted by Crippen LogP contribution is -2.18. The van der Waals surface area contributed by atoms with Crippen molar-refractivity contribution < 1.29 is 0 Å². The Morgan fingerprint density at radius 1 is 1.31 bits per heavy atom. The van der Waals surface area contributed by atoms with Crippen molar-refractivity contribution in [3.8, 4) is 0 Å². The van der Waals surface area contributed by atoms with Crippen molar-refractivity contribution in [2.75, 3.05) is 0 Å². The molecular formula is C14H26N2. The summed E-state index contributed by atoms with van der Waals surface area (Å²) in [6.45, 7) is 14.4. The molecule has 2 atom stereocenters. The zero-order chi connectivity index (χ0) is 12.7. The third-order valence-electron chi connectivity index (χ3n) is 3.01. The zero-order valence-corrected chi connectivity index (χ0v) is 11.4. The molecule has 0 saturated heterocycles. The van der Waals surface area contributed by atoms with Crippen LogP contribution in [-0.2, 0) is 0 Å². The van der Waals surface area contributed by atoms with Gasteiger partial charge in [0.25, 0.3) is 0 Å². The summed E-state index contributed by atoms with van der Waals surface area (Å²) in [5.74, 6) is 0.412. The maximum absolute atomic E-state index is 7.94. The first-order valence-electron chi connectivity index (χ1n) is 6.22. The third-order valence-corrected chi connectivity index (χ3v) is 3.01. The van der Waals surface area contributed by atoms with Gasteiger partial charge in [-0.15, -0.1) is 0 Å². The first-order chi connectivity index (χ1) is 7.42. The highest BCUT2D eigenvalue weighted by Crippen LogP contribution is 2.15. The molecule has 0 saturated carbocycles. The van der Waals surface area contributed by atoms with Gasteiger partial charge in [-0.1, -0.05) is 32.9 Å². The molecule has 0 aliphatic carbocycles. The van der Waals surface area contributed by atoms with Gasteiger partial charge in [0.05, 0.1) is 11.4 Å². The van der Waals surface area contributed by atoms with Gasteiger partial charge < -0.3 is 5.41 Å². The van der Waals surface area contributed by atoms with Crippen molar-refractivity contribution in [3.63, 3.8) is 0 Å². The van der Waals surface area contributed by atoms with Crippen LogP contribution in [0.4, 0.5) is 0 Å². The highest BCUT2D eigenvalue weighted by Gasteiger charge is 2.12. The van der Waals surface area contributed by atoms with Crippen LogP contribution in [0.15, 0.2) is 17.1 Å². The average Bonchev–Trinajstić information content (AvgIpc) is 2.26. The minimum Gasteiger partial charge on any atom is -0.303 e. The highest BCUT2D eigenvalue weighted by atomic mass is 14.8. The number of nitrogens with zero attached hydrogens (tertiary/aromatic N) is 1. The smallest absolute Gasteiger partial charge is 0.0564 e. The highest BCUT2D eigenvalue weighted by molar-refractivity contribution is 6.41. The first kappa shape index (κ1) is 15.1. The number of nitrogens with one attached hydrogen (secondary N) is 1. The minimum atomic E-state index is 0.319. The quantitative estimate of drug-likeness (QED) is 0.493. The molecule has 16 heavy (non-hydrogen) atoms. The SMILES string of the molecule is C=C(C)C(C)CC(=NC(C)CC)C(=N)CC. The summed E-state index contributed by atoms with van der Waals surface area (Å²) in [7, 11) is 0. The van der Waals surface area contributed by atoms with E-state index in [1.54, 1.807) is 0 Å². The maximum atomic E-state index is 7.94. The van der Waals surface area contributed by atoms with Crippen molar-refractivity contribution in [1.82, 2.24) is 0 Å². The molecule has 0 radical (unpaired) electrons.